The van der Waals surface area contributed by atoms with Crippen molar-refractivity contribution in [3.05, 3.63) is 54.1 Å². The molecule has 2 aromatic rings. The lowest BCUT2D eigenvalue weighted by Crippen LogP contribution is -1.99. The first-order valence-electron chi connectivity index (χ1n) is 7.20. The maximum atomic E-state index is 6.09. The second-order valence-electron chi connectivity index (χ2n) is 5.15. The van der Waals surface area contributed by atoms with Crippen LogP contribution in [0.2, 0.25) is 0 Å². The molecule has 1 unspecified atom stereocenters. The average Bonchev–Trinajstić information content (AvgIpc) is 2.45. The standard InChI is InChI=1S/C18H23N/c1-3-8-14(4-2)16-11-17(13-18(19)12-16)15-9-6-5-7-10-15/h5-7,9-14H,3-4,8,19H2,1-2H3. The molecule has 2 N–H and O–H groups in total. The van der Waals surface area contributed by atoms with E-state index in [1.165, 1.54) is 36.0 Å². The van der Waals surface area contributed by atoms with Crippen LogP contribution in [0.15, 0.2) is 48.5 Å². The second kappa shape index (κ2) is 6.42. The number of nitrogen functional groups attached to an aromatic ring is 1. The maximum Gasteiger partial charge on any atom is 0.0323 e. The lowest BCUT2D eigenvalue weighted by molar-refractivity contribution is 0.596. The van der Waals surface area contributed by atoms with Gasteiger partial charge in [0.1, 0.15) is 0 Å². The lowest BCUT2D eigenvalue weighted by atomic mass is 9.89. The summed E-state index contributed by atoms with van der Waals surface area (Å²) in [6, 6.07) is 17.0. The Labute approximate surface area is 116 Å². The van der Waals surface area contributed by atoms with Crippen LogP contribution in [0.4, 0.5) is 5.69 Å². The molecule has 0 spiro atoms. The number of hydrogen-bond acceptors (Lipinski definition) is 1. The summed E-state index contributed by atoms with van der Waals surface area (Å²) in [4.78, 5) is 0. The molecule has 0 saturated carbocycles. The quantitative estimate of drug-likeness (QED) is 0.725. The molecule has 2 rings (SSSR count). The molecular weight excluding hydrogens is 230 g/mol. The van der Waals surface area contributed by atoms with E-state index in [0.29, 0.717) is 5.92 Å². The summed E-state index contributed by atoms with van der Waals surface area (Å²) in [7, 11) is 0. The predicted octanol–water partition coefficient (Wildman–Crippen LogP) is 5.23. The fourth-order valence-corrected chi connectivity index (χ4v) is 2.66. The van der Waals surface area contributed by atoms with Crippen molar-refractivity contribution in [1.82, 2.24) is 0 Å². The van der Waals surface area contributed by atoms with Gasteiger partial charge in [0.25, 0.3) is 0 Å². The van der Waals surface area contributed by atoms with E-state index in [1.54, 1.807) is 0 Å². The third-order valence-electron chi connectivity index (χ3n) is 3.69. The summed E-state index contributed by atoms with van der Waals surface area (Å²) in [6.07, 6.45) is 3.62. The average molecular weight is 253 g/mol. The van der Waals surface area contributed by atoms with Gasteiger partial charge in [-0.15, -0.1) is 0 Å². The fraction of sp³-hybridized carbons (Fsp3) is 0.333. The Morgan fingerprint density at radius 3 is 2.32 bits per heavy atom. The highest BCUT2D eigenvalue weighted by molar-refractivity contribution is 5.68. The zero-order valence-corrected chi connectivity index (χ0v) is 11.9. The molecule has 0 heterocycles. The van der Waals surface area contributed by atoms with Crippen LogP contribution < -0.4 is 5.73 Å². The molecule has 0 aromatic heterocycles. The van der Waals surface area contributed by atoms with E-state index in [0.717, 1.165) is 5.69 Å². The number of anilines is 1. The van der Waals surface area contributed by atoms with Crippen molar-refractivity contribution in [2.24, 2.45) is 0 Å². The zero-order chi connectivity index (χ0) is 13.7. The molecule has 1 nitrogen and oxygen atoms in total. The van der Waals surface area contributed by atoms with Gasteiger partial charge in [-0.05, 0) is 47.6 Å². The van der Waals surface area contributed by atoms with Crippen LogP contribution in [0.25, 0.3) is 11.1 Å². The van der Waals surface area contributed by atoms with Crippen molar-refractivity contribution >= 4 is 5.69 Å². The van der Waals surface area contributed by atoms with Gasteiger partial charge in [0, 0.05) is 5.69 Å². The van der Waals surface area contributed by atoms with Crippen LogP contribution in [0.3, 0.4) is 0 Å². The van der Waals surface area contributed by atoms with Crippen LogP contribution in [0.5, 0.6) is 0 Å². The number of rotatable bonds is 5. The summed E-state index contributed by atoms with van der Waals surface area (Å²) in [6.45, 7) is 4.50. The third kappa shape index (κ3) is 3.37. The van der Waals surface area contributed by atoms with Crippen LogP contribution in [-0.4, -0.2) is 0 Å². The van der Waals surface area contributed by atoms with Crippen molar-refractivity contribution in [2.75, 3.05) is 5.73 Å². The largest absolute Gasteiger partial charge is 0.399 e. The maximum absolute atomic E-state index is 6.09. The topological polar surface area (TPSA) is 26.0 Å². The first kappa shape index (κ1) is 13.7. The lowest BCUT2D eigenvalue weighted by Gasteiger charge is -2.16. The number of benzene rings is 2. The fourth-order valence-electron chi connectivity index (χ4n) is 2.66. The molecule has 0 bridgehead atoms. The Balaban J connectivity index is 2.39. The van der Waals surface area contributed by atoms with Gasteiger partial charge in [-0.3, -0.25) is 0 Å². The summed E-state index contributed by atoms with van der Waals surface area (Å²) in [5, 5.41) is 0. The minimum absolute atomic E-state index is 0.621. The number of hydrogen-bond donors (Lipinski definition) is 1. The molecule has 1 heteroatoms. The second-order valence-corrected chi connectivity index (χ2v) is 5.15. The molecule has 100 valence electrons. The molecule has 0 aliphatic heterocycles. The van der Waals surface area contributed by atoms with Crippen LogP contribution in [0, 0.1) is 0 Å². The molecule has 0 saturated heterocycles. The highest BCUT2D eigenvalue weighted by atomic mass is 14.5. The highest BCUT2D eigenvalue weighted by Crippen LogP contribution is 2.31. The van der Waals surface area contributed by atoms with Gasteiger partial charge < -0.3 is 5.73 Å². The predicted molar refractivity (Wildman–Crippen MR) is 84.2 cm³/mol. The summed E-state index contributed by atoms with van der Waals surface area (Å²) >= 11 is 0. The smallest absolute Gasteiger partial charge is 0.0323 e. The van der Waals surface area contributed by atoms with Gasteiger partial charge in [0.05, 0.1) is 0 Å². The van der Waals surface area contributed by atoms with Crippen LogP contribution >= 0.6 is 0 Å². The molecule has 19 heavy (non-hydrogen) atoms. The van der Waals surface area contributed by atoms with E-state index in [4.69, 9.17) is 5.73 Å². The van der Waals surface area contributed by atoms with Crippen molar-refractivity contribution in [2.45, 2.75) is 39.0 Å². The molecule has 2 aromatic carbocycles. The van der Waals surface area contributed by atoms with E-state index in [9.17, 15) is 0 Å². The van der Waals surface area contributed by atoms with Crippen LogP contribution in [0.1, 0.15) is 44.6 Å². The molecule has 1 atom stereocenters. The van der Waals surface area contributed by atoms with Gasteiger partial charge >= 0.3 is 0 Å². The SMILES string of the molecule is CCCC(CC)c1cc(N)cc(-c2ccccc2)c1. The van der Waals surface area contributed by atoms with E-state index in [1.807, 2.05) is 6.07 Å². The summed E-state index contributed by atoms with van der Waals surface area (Å²) in [5.74, 6) is 0.621. The zero-order valence-electron chi connectivity index (χ0n) is 11.9. The Morgan fingerprint density at radius 1 is 0.947 bits per heavy atom. The van der Waals surface area contributed by atoms with Crippen molar-refractivity contribution in [3.8, 4) is 11.1 Å². The monoisotopic (exact) mass is 253 g/mol. The first-order chi connectivity index (χ1) is 9.24. The Hall–Kier alpha value is -1.76. The molecule has 0 radical (unpaired) electrons. The molecule has 0 fully saturated rings. The minimum Gasteiger partial charge on any atom is -0.399 e. The minimum atomic E-state index is 0.621. The van der Waals surface area contributed by atoms with Gasteiger partial charge in [-0.25, -0.2) is 0 Å². The van der Waals surface area contributed by atoms with E-state index in [2.05, 4.69) is 56.3 Å². The van der Waals surface area contributed by atoms with Crippen LogP contribution in [-0.2, 0) is 0 Å². The highest BCUT2D eigenvalue weighted by Gasteiger charge is 2.10. The van der Waals surface area contributed by atoms with E-state index >= 15 is 0 Å². The molecular formula is C18H23N. The van der Waals surface area contributed by atoms with Gasteiger partial charge in [0.2, 0.25) is 0 Å². The van der Waals surface area contributed by atoms with Crippen molar-refractivity contribution in [3.63, 3.8) is 0 Å². The first-order valence-corrected chi connectivity index (χ1v) is 7.20. The number of nitrogens with two attached hydrogens (primary N) is 1. The van der Waals surface area contributed by atoms with E-state index < -0.39 is 0 Å². The van der Waals surface area contributed by atoms with Crippen molar-refractivity contribution in [1.29, 1.82) is 0 Å². The van der Waals surface area contributed by atoms with Crippen molar-refractivity contribution < 1.29 is 0 Å². The van der Waals surface area contributed by atoms with Gasteiger partial charge in [-0.2, -0.15) is 0 Å². The van der Waals surface area contributed by atoms with Gasteiger partial charge in [-0.1, -0.05) is 56.7 Å². The normalized spacial score (nSPS) is 12.3. The Morgan fingerprint density at radius 2 is 1.68 bits per heavy atom. The Kier molecular flexibility index (Phi) is 4.62. The third-order valence-corrected chi connectivity index (χ3v) is 3.69. The molecule has 0 amide bonds. The summed E-state index contributed by atoms with van der Waals surface area (Å²) < 4.78 is 0. The Bertz CT molecular complexity index is 516. The molecule has 0 aliphatic carbocycles. The summed E-state index contributed by atoms with van der Waals surface area (Å²) in [5.41, 5.74) is 10.8. The van der Waals surface area contributed by atoms with E-state index in [-0.39, 0.29) is 0 Å². The van der Waals surface area contributed by atoms with Gasteiger partial charge in [0.15, 0.2) is 0 Å². The molecule has 0 aliphatic rings.